The molecule has 0 saturated heterocycles. The van der Waals surface area contributed by atoms with Gasteiger partial charge in [-0.15, -0.1) is 0 Å². The first-order valence-electron chi connectivity index (χ1n) is 10.1. The highest BCUT2D eigenvalue weighted by Gasteiger charge is 2.17. The number of halogens is 1. The Balaban J connectivity index is 1.72. The van der Waals surface area contributed by atoms with Crippen molar-refractivity contribution < 1.29 is 23.6 Å². The molecule has 0 spiro atoms. The third-order valence-corrected chi connectivity index (χ3v) is 4.62. The first-order chi connectivity index (χ1) is 16.0. The summed E-state index contributed by atoms with van der Waals surface area (Å²) in [5.74, 6) is 0.418. The van der Waals surface area contributed by atoms with E-state index in [9.17, 15) is 9.18 Å². The maximum atomic E-state index is 13.1. The Morgan fingerprint density at radius 2 is 1.73 bits per heavy atom. The van der Waals surface area contributed by atoms with Crippen molar-refractivity contribution >= 4 is 17.3 Å². The summed E-state index contributed by atoms with van der Waals surface area (Å²) in [6, 6.07) is 20.3. The van der Waals surface area contributed by atoms with E-state index in [1.807, 2.05) is 37.3 Å². The molecular weight excluding hydrogens is 425 g/mol. The van der Waals surface area contributed by atoms with E-state index in [2.05, 4.69) is 15.6 Å². The van der Waals surface area contributed by atoms with E-state index in [1.54, 1.807) is 30.3 Å². The van der Waals surface area contributed by atoms with Gasteiger partial charge in [-0.05, 0) is 43.3 Å². The van der Waals surface area contributed by atoms with Crippen molar-refractivity contribution in [1.82, 2.24) is 5.32 Å². The van der Waals surface area contributed by atoms with Gasteiger partial charge in [0.25, 0.3) is 5.91 Å². The van der Waals surface area contributed by atoms with Gasteiger partial charge in [-0.3, -0.25) is 4.79 Å². The second-order valence-electron chi connectivity index (χ2n) is 6.89. The van der Waals surface area contributed by atoms with Crippen LogP contribution in [0.4, 0.5) is 4.39 Å². The van der Waals surface area contributed by atoms with Crippen molar-refractivity contribution in [2.45, 2.75) is 13.5 Å². The average Bonchev–Trinajstić information content (AvgIpc) is 2.84. The minimum Gasteiger partial charge on any atom is -0.457 e. The van der Waals surface area contributed by atoms with E-state index in [1.165, 1.54) is 26.3 Å². The normalized spacial score (nSPS) is 11.6. The van der Waals surface area contributed by atoms with Gasteiger partial charge in [0.05, 0.1) is 5.71 Å². The van der Waals surface area contributed by atoms with Crippen LogP contribution >= 0.6 is 0 Å². The van der Waals surface area contributed by atoms with Crippen molar-refractivity contribution in [2.75, 3.05) is 14.2 Å². The number of amides is 1. The van der Waals surface area contributed by atoms with Crippen LogP contribution in [0.3, 0.4) is 0 Å². The van der Waals surface area contributed by atoms with Crippen LogP contribution in [0.5, 0.6) is 11.5 Å². The molecule has 3 aromatic rings. The number of nitrogens with zero attached hydrogens (tertiary/aromatic N) is 2. The molecule has 33 heavy (non-hydrogen) atoms. The Labute approximate surface area is 191 Å². The molecule has 7 nitrogen and oxygen atoms in total. The van der Waals surface area contributed by atoms with Gasteiger partial charge < -0.3 is 19.7 Å². The molecule has 0 atom stereocenters. The summed E-state index contributed by atoms with van der Waals surface area (Å²) in [4.78, 5) is 22.6. The highest BCUT2D eigenvalue weighted by molar-refractivity contribution is 6.45. The molecule has 3 aromatic carbocycles. The number of oxime groups is 2. The zero-order valence-corrected chi connectivity index (χ0v) is 18.5. The third kappa shape index (κ3) is 6.39. The number of hydrogen-bond acceptors (Lipinski definition) is 6. The van der Waals surface area contributed by atoms with Gasteiger partial charge in [-0.25, -0.2) is 4.39 Å². The predicted molar refractivity (Wildman–Crippen MR) is 124 cm³/mol. The number of carbonyl (C=O) groups excluding carboxylic acids is 1. The van der Waals surface area contributed by atoms with Gasteiger partial charge in [0, 0.05) is 23.7 Å². The molecule has 0 unspecified atom stereocenters. The van der Waals surface area contributed by atoms with E-state index in [4.69, 9.17) is 14.4 Å². The highest BCUT2D eigenvalue weighted by Crippen LogP contribution is 2.23. The molecule has 0 aliphatic carbocycles. The molecule has 1 amide bonds. The molecular formula is C25H24FN3O4. The summed E-state index contributed by atoms with van der Waals surface area (Å²) in [5.41, 5.74) is 2.89. The summed E-state index contributed by atoms with van der Waals surface area (Å²) in [6.45, 7) is 1.93. The molecule has 8 heteroatoms. The lowest BCUT2D eigenvalue weighted by Crippen LogP contribution is -2.29. The fourth-order valence-electron chi connectivity index (χ4n) is 2.97. The molecule has 0 radical (unpaired) electrons. The van der Waals surface area contributed by atoms with Gasteiger partial charge >= 0.3 is 0 Å². The molecule has 1 N–H and O–H groups in total. The first-order valence-corrected chi connectivity index (χ1v) is 10.1. The van der Waals surface area contributed by atoms with Crippen LogP contribution in [0.2, 0.25) is 0 Å². The van der Waals surface area contributed by atoms with E-state index >= 15 is 0 Å². The van der Waals surface area contributed by atoms with Crippen molar-refractivity contribution in [3.05, 3.63) is 95.3 Å². The Morgan fingerprint density at radius 1 is 0.970 bits per heavy atom. The second kappa shape index (κ2) is 11.4. The van der Waals surface area contributed by atoms with Gasteiger partial charge in [-0.2, -0.15) is 0 Å². The number of likely N-dealkylation sites (N-methyl/N-ethyl adjacent to an activating group) is 1. The van der Waals surface area contributed by atoms with Crippen LogP contribution < -0.4 is 10.1 Å². The van der Waals surface area contributed by atoms with Crippen LogP contribution in [0.1, 0.15) is 23.6 Å². The van der Waals surface area contributed by atoms with Crippen molar-refractivity contribution in [1.29, 1.82) is 0 Å². The predicted octanol–water partition coefficient (Wildman–Crippen LogP) is 4.66. The van der Waals surface area contributed by atoms with Crippen LogP contribution in [-0.4, -0.2) is 31.5 Å². The first kappa shape index (κ1) is 23.5. The second-order valence-corrected chi connectivity index (χ2v) is 6.89. The highest BCUT2D eigenvalue weighted by atomic mass is 19.1. The molecule has 0 aromatic heterocycles. The summed E-state index contributed by atoms with van der Waals surface area (Å²) < 4.78 is 18.9. The maximum Gasteiger partial charge on any atom is 0.273 e. The summed E-state index contributed by atoms with van der Waals surface area (Å²) >= 11 is 0. The topological polar surface area (TPSA) is 81.5 Å². The fraction of sp³-hybridized carbons (Fsp3) is 0.160. The van der Waals surface area contributed by atoms with Gasteiger partial charge in [0.2, 0.25) is 0 Å². The lowest BCUT2D eigenvalue weighted by Gasteiger charge is -2.10. The van der Waals surface area contributed by atoms with Crippen molar-refractivity contribution in [3.63, 3.8) is 0 Å². The smallest absolute Gasteiger partial charge is 0.273 e. The molecule has 0 saturated carbocycles. The number of benzene rings is 3. The third-order valence-electron chi connectivity index (χ3n) is 4.62. The molecule has 170 valence electrons. The minimum atomic E-state index is -0.373. The zero-order valence-electron chi connectivity index (χ0n) is 18.5. The van der Waals surface area contributed by atoms with E-state index in [-0.39, 0.29) is 24.0 Å². The maximum absolute atomic E-state index is 13.1. The Hall–Kier alpha value is -4.20. The SMILES string of the molecule is CNC(=O)/C(=N/OC)c1ccccc1CO/N=C(\C)c1cccc(Oc2ccc(F)cc2)c1. The number of rotatable bonds is 9. The number of carbonyl (C=O) groups is 1. The van der Waals surface area contributed by atoms with Crippen molar-refractivity contribution in [3.8, 4) is 11.5 Å². The van der Waals surface area contributed by atoms with Crippen LogP contribution in [-0.2, 0) is 21.1 Å². The summed E-state index contributed by atoms with van der Waals surface area (Å²) in [7, 11) is 2.90. The quantitative estimate of drug-likeness (QED) is 0.381. The Morgan fingerprint density at radius 3 is 2.45 bits per heavy atom. The monoisotopic (exact) mass is 449 g/mol. The standard InChI is InChI=1S/C25H24FN3O4/c1-17(18-8-6-9-22(15-18)33-21-13-11-20(26)12-14-21)28-32-16-19-7-4-5-10-23(19)24(29-31-3)25(30)27-2/h4-15H,16H2,1-3H3,(H,27,30)/b28-17+,29-24+. The van der Waals surface area contributed by atoms with Crippen LogP contribution in [0.25, 0.3) is 0 Å². The molecule has 0 heterocycles. The molecule has 0 aliphatic heterocycles. The average molecular weight is 449 g/mol. The summed E-state index contributed by atoms with van der Waals surface area (Å²) in [6.07, 6.45) is 0. The number of ether oxygens (including phenoxy) is 1. The van der Waals surface area contributed by atoms with Crippen LogP contribution in [0.15, 0.2) is 83.1 Å². The molecule has 0 fully saturated rings. The Bertz CT molecular complexity index is 1160. The van der Waals surface area contributed by atoms with E-state index < -0.39 is 0 Å². The fourth-order valence-corrected chi connectivity index (χ4v) is 2.97. The Kier molecular flexibility index (Phi) is 8.13. The van der Waals surface area contributed by atoms with Crippen molar-refractivity contribution in [2.24, 2.45) is 10.3 Å². The van der Waals surface area contributed by atoms with Gasteiger partial charge in [0.15, 0.2) is 5.71 Å². The van der Waals surface area contributed by atoms with Gasteiger partial charge in [0.1, 0.15) is 31.0 Å². The molecule has 0 bridgehead atoms. The number of hydrogen-bond donors (Lipinski definition) is 1. The van der Waals surface area contributed by atoms with Crippen LogP contribution in [0, 0.1) is 5.82 Å². The molecule has 3 rings (SSSR count). The summed E-state index contributed by atoms with van der Waals surface area (Å²) in [5, 5.41) is 10.6. The zero-order chi connectivity index (χ0) is 23.6. The van der Waals surface area contributed by atoms with Gasteiger partial charge in [-0.1, -0.05) is 46.7 Å². The molecule has 0 aliphatic rings. The lowest BCUT2D eigenvalue weighted by atomic mass is 10.0. The largest absolute Gasteiger partial charge is 0.457 e. The lowest BCUT2D eigenvalue weighted by molar-refractivity contribution is -0.114. The van der Waals surface area contributed by atoms with E-state index in [0.717, 1.165) is 11.1 Å². The minimum absolute atomic E-state index is 0.124. The number of nitrogens with one attached hydrogen (secondary N) is 1. The van der Waals surface area contributed by atoms with E-state index in [0.29, 0.717) is 22.8 Å².